The Morgan fingerprint density at radius 1 is 1.33 bits per heavy atom. The molecule has 0 radical (unpaired) electrons. The first-order chi connectivity index (χ1) is 10.2. The molecule has 7 nitrogen and oxygen atoms in total. The third-order valence-corrected chi connectivity index (χ3v) is 2.76. The van der Waals surface area contributed by atoms with Gasteiger partial charge in [-0.2, -0.15) is 10.5 Å². The molecular formula is C14H10N4O3. The second-order valence-electron chi connectivity index (χ2n) is 4.01. The van der Waals surface area contributed by atoms with Gasteiger partial charge in [0, 0.05) is 0 Å². The first-order valence-corrected chi connectivity index (χ1v) is 5.97. The fraction of sp³-hybridized carbons (Fsp3) is 0.143. The number of carboxylic acid groups (broad SMARTS) is 1. The Balaban J connectivity index is 2.06. The van der Waals surface area contributed by atoms with Crippen LogP contribution in [0.4, 0.5) is 0 Å². The summed E-state index contributed by atoms with van der Waals surface area (Å²) in [4.78, 5) is 14.8. The number of aromatic carboxylic acids is 1. The lowest BCUT2D eigenvalue weighted by atomic mass is 10.2. The average molecular weight is 282 g/mol. The van der Waals surface area contributed by atoms with Crippen molar-refractivity contribution >= 4 is 5.97 Å². The molecule has 1 aromatic carbocycles. The molecule has 0 aliphatic rings. The van der Waals surface area contributed by atoms with Crippen LogP contribution in [0.5, 0.6) is 5.75 Å². The summed E-state index contributed by atoms with van der Waals surface area (Å²) >= 11 is 0. The third-order valence-electron chi connectivity index (χ3n) is 2.76. The lowest BCUT2D eigenvalue weighted by Crippen LogP contribution is -2.11. The highest BCUT2D eigenvalue weighted by Crippen LogP contribution is 2.17. The van der Waals surface area contributed by atoms with Crippen molar-refractivity contribution in [1.29, 1.82) is 10.5 Å². The van der Waals surface area contributed by atoms with Crippen LogP contribution < -0.4 is 4.74 Å². The molecular weight excluding hydrogens is 272 g/mol. The van der Waals surface area contributed by atoms with Gasteiger partial charge in [-0.15, -0.1) is 0 Å². The third kappa shape index (κ3) is 2.99. The minimum atomic E-state index is -1.07. The summed E-state index contributed by atoms with van der Waals surface area (Å²) in [5.74, 6) is -0.818. The van der Waals surface area contributed by atoms with E-state index < -0.39 is 5.97 Å². The molecule has 0 unspecified atom stereocenters. The van der Waals surface area contributed by atoms with Gasteiger partial charge in [0.15, 0.2) is 11.4 Å². The van der Waals surface area contributed by atoms with Crippen LogP contribution in [0.2, 0.25) is 0 Å². The van der Waals surface area contributed by atoms with Gasteiger partial charge in [0.2, 0.25) is 0 Å². The molecule has 21 heavy (non-hydrogen) atoms. The van der Waals surface area contributed by atoms with Crippen LogP contribution in [-0.2, 0) is 6.54 Å². The number of hydrogen-bond acceptors (Lipinski definition) is 5. The molecule has 1 N–H and O–H groups in total. The second kappa shape index (κ2) is 6.22. The van der Waals surface area contributed by atoms with Gasteiger partial charge < -0.3 is 14.4 Å². The Bertz CT molecular complexity index is 752. The van der Waals surface area contributed by atoms with E-state index in [4.69, 9.17) is 20.4 Å². The SMILES string of the molecule is N#Cc1ncn(CCOc2ccccc2C(=O)O)c1C#N. The van der Waals surface area contributed by atoms with E-state index in [9.17, 15) is 4.79 Å². The van der Waals surface area contributed by atoms with Gasteiger partial charge >= 0.3 is 5.97 Å². The molecule has 0 atom stereocenters. The number of rotatable bonds is 5. The number of benzene rings is 1. The predicted octanol–water partition coefficient (Wildman–Crippen LogP) is 1.40. The molecule has 0 bridgehead atoms. The van der Waals surface area contributed by atoms with Crippen LogP contribution in [0.3, 0.4) is 0 Å². The summed E-state index contributed by atoms with van der Waals surface area (Å²) in [6.07, 6.45) is 1.38. The molecule has 0 saturated carbocycles. The number of nitriles is 2. The minimum absolute atomic E-state index is 0.0587. The number of carbonyl (C=O) groups is 1. The van der Waals surface area contributed by atoms with Gasteiger partial charge in [-0.3, -0.25) is 0 Å². The molecule has 7 heteroatoms. The van der Waals surface area contributed by atoms with Crippen molar-refractivity contribution in [3.05, 3.63) is 47.5 Å². The Kier molecular flexibility index (Phi) is 4.17. The van der Waals surface area contributed by atoms with E-state index in [2.05, 4.69) is 4.98 Å². The fourth-order valence-corrected chi connectivity index (χ4v) is 1.77. The maximum Gasteiger partial charge on any atom is 0.339 e. The van der Waals surface area contributed by atoms with Gasteiger partial charge in [0.1, 0.15) is 30.1 Å². The Hall–Kier alpha value is -3.32. The molecule has 2 aromatic rings. The molecule has 104 valence electrons. The summed E-state index contributed by atoms with van der Waals surface area (Å²) < 4.78 is 6.91. The van der Waals surface area contributed by atoms with Crippen LogP contribution in [0.1, 0.15) is 21.7 Å². The van der Waals surface area contributed by atoms with Gasteiger partial charge in [-0.25, -0.2) is 9.78 Å². The number of carboxylic acids is 1. The highest BCUT2D eigenvalue weighted by Gasteiger charge is 2.12. The Morgan fingerprint density at radius 2 is 2.10 bits per heavy atom. The van der Waals surface area contributed by atoms with E-state index in [1.807, 2.05) is 12.1 Å². The molecule has 0 fully saturated rings. The quantitative estimate of drug-likeness (QED) is 0.887. The standard InChI is InChI=1S/C14H10N4O3/c15-7-11-12(8-16)18(9-17-11)5-6-21-13-4-2-1-3-10(13)14(19)20/h1-4,9H,5-6H2,(H,19,20). The normalized spacial score (nSPS) is 9.62. The number of imidazole rings is 1. The lowest BCUT2D eigenvalue weighted by molar-refractivity contribution is 0.0692. The van der Waals surface area contributed by atoms with E-state index in [0.717, 1.165) is 0 Å². The van der Waals surface area contributed by atoms with E-state index in [0.29, 0.717) is 0 Å². The van der Waals surface area contributed by atoms with Gasteiger partial charge in [-0.1, -0.05) is 12.1 Å². The second-order valence-corrected chi connectivity index (χ2v) is 4.01. The highest BCUT2D eigenvalue weighted by atomic mass is 16.5. The first kappa shape index (κ1) is 14.1. The lowest BCUT2D eigenvalue weighted by Gasteiger charge is -2.09. The number of hydrogen-bond donors (Lipinski definition) is 1. The van der Waals surface area contributed by atoms with Crippen LogP contribution in [-0.4, -0.2) is 27.2 Å². The zero-order valence-corrected chi connectivity index (χ0v) is 10.9. The molecule has 1 aromatic heterocycles. The van der Waals surface area contributed by atoms with Crippen LogP contribution >= 0.6 is 0 Å². The van der Waals surface area contributed by atoms with Crippen molar-refractivity contribution in [2.75, 3.05) is 6.61 Å². The minimum Gasteiger partial charge on any atom is -0.491 e. The van der Waals surface area contributed by atoms with Gasteiger partial charge in [0.25, 0.3) is 0 Å². The van der Waals surface area contributed by atoms with Crippen molar-refractivity contribution < 1.29 is 14.6 Å². The molecule has 0 aliphatic heterocycles. The summed E-state index contributed by atoms with van der Waals surface area (Å²) in [5.41, 5.74) is 0.289. The van der Waals surface area contributed by atoms with Gasteiger partial charge in [0.05, 0.1) is 12.9 Å². The maximum absolute atomic E-state index is 11.0. The highest BCUT2D eigenvalue weighted by molar-refractivity contribution is 5.90. The number of aromatic nitrogens is 2. The van der Waals surface area contributed by atoms with E-state index in [-0.39, 0.29) is 35.9 Å². The molecule has 2 rings (SSSR count). The number of ether oxygens (including phenoxy) is 1. The van der Waals surface area contributed by atoms with Crippen LogP contribution in [0.15, 0.2) is 30.6 Å². The van der Waals surface area contributed by atoms with Crippen LogP contribution in [0.25, 0.3) is 0 Å². The monoisotopic (exact) mass is 282 g/mol. The van der Waals surface area contributed by atoms with Crippen molar-refractivity contribution in [1.82, 2.24) is 9.55 Å². The molecule has 1 heterocycles. The van der Waals surface area contributed by atoms with E-state index in [1.165, 1.54) is 17.0 Å². The van der Waals surface area contributed by atoms with Crippen molar-refractivity contribution in [3.8, 4) is 17.9 Å². The zero-order valence-electron chi connectivity index (χ0n) is 10.9. The largest absolute Gasteiger partial charge is 0.491 e. The van der Waals surface area contributed by atoms with E-state index in [1.54, 1.807) is 18.2 Å². The number of nitrogens with zero attached hydrogens (tertiary/aromatic N) is 4. The molecule has 0 amide bonds. The number of para-hydroxylation sites is 1. The summed E-state index contributed by atoms with van der Waals surface area (Å²) in [6, 6.07) is 10.0. The Morgan fingerprint density at radius 3 is 2.76 bits per heavy atom. The van der Waals surface area contributed by atoms with Crippen molar-refractivity contribution in [2.24, 2.45) is 0 Å². The van der Waals surface area contributed by atoms with Crippen molar-refractivity contribution in [2.45, 2.75) is 6.54 Å². The molecule has 0 spiro atoms. The van der Waals surface area contributed by atoms with Crippen molar-refractivity contribution in [3.63, 3.8) is 0 Å². The molecule has 0 saturated heterocycles. The van der Waals surface area contributed by atoms with Gasteiger partial charge in [-0.05, 0) is 12.1 Å². The first-order valence-electron chi connectivity index (χ1n) is 5.97. The smallest absolute Gasteiger partial charge is 0.339 e. The predicted molar refractivity (Wildman–Crippen MR) is 70.6 cm³/mol. The zero-order chi connectivity index (χ0) is 15.2. The van der Waals surface area contributed by atoms with Crippen LogP contribution in [0, 0.1) is 22.7 Å². The summed E-state index contributed by atoms with van der Waals surface area (Å²) in [5, 5.41) is 26.8. The topological polar surface area (TPSA) is 112 Å². The average Bonchev–Trinajstić information content (AvgIpc) is 2.89. The Labute approximate surface area is 120 Å². The molecule has 0 aliphatic carbocycles. The van der Waals surface area contributed by atoms with E-state index >= 15 is 0 Å². The maximum atomic E-state index is 11.0. The summed E-state index contributed by atoms with van der Waals surface area (Å²) in [7, 11) is 0. The fourth-order valence-electron chi connectivity index (χ4n) is 1.77. The summed E-state index contributed by atoms with van der Waals surface area (Å²) in [6.45, 7) is 0.436.